The Morgan fingerprint density at radius 3 is 2.52 bits per heavy atom. The summed E-state index contributed by atoms with van der Waals surface area (Å²) in [6.45, 7) is 12.7. The standard InChI is InChI=1S/C20H25N3OSi/c1-20(2,3)18(24)15-11-21-19-17(15)23-16(12-22-19)13-8-7-9-14(10-13)25(4,5)6/h7-12H,1-6H3,(H,21,22). The maximum absolute atomic E-state index is 12.7. The third kappa shape index (κ3) is 3.42. The van der Waals surface area contributed by atoms with Gasteiger partial charge in [0.1, 0.15) is 5.52 Å². The Morgan fingerprint density at radius 2 is 1.88 bits per heavy atom. The molecule has 0 radical (unpaired) electrons. The Labute approximate surface area is 149 Å². The number of hydrogen-bond donors (Lipinski definition) is 1. The van der Waals surface area contributed by atoms with E-state index in [1.165, 1.54) is 5.19 Å². The molecule has 0 spiro atoms. The van der Waals surface area contributed by atoms with Gasteiger partial charge in [-0.05, 0) is 0 Å². The lowest BCUT2D eigenvalue weighted by molar-refractivity contribution is 0.0860. The maximum atomic E-state index is 12.7. The van der Waals surface area contributed by atoms with E-state index >= 15 is 0 Å². The molecule has 2 aromatic heterocycles. The Morgan fingerprint density at radius 1 is 1.16 bits per heavy atom. The summed E-state index contributed by atoms with van der Waals surface area (Å²) >= 11 is 0. The van der Waals surface area contributed by atoms with E-state index in [9.17, 15) is 4.79 Å². The largest absolute Gasteiger partial charge is 0.344 e. The molecule has 0 atom stereocenters. The number of carbonyl (C=O) groups excluding carboxylic acids is 1. The van der Waals surface area contributed by atoms with Crippen molar-refractivity contribution in [3.05, 3.63) is 42.2 Å². The van der Waals surface area contributed by atoms with Crippen LogP contribution in [-0.2, 0) is 0 Å². The summed E-state index contributed by atoms with van der Waals surface area (Å²) < 4.78 is 0. The minimum Gasteiger partial charge on any atom is -0.344 e. The summed E-state index contributed by atoms with van der Waals surface area (Å²) in [4.78, 5) is 25.0. The van der Waals surface area contributed by atoms with Crippen LogP contribution in [0, 0.1) is 5.41 Å². The number of nitrogens with one attached hydrogen (secondary N) is 1. The number of nitrogens with zero attached hydrogens (tertiary/aromatic N) is 2. The Kier molecular flexibility index (Phi) is 4.15. The topological polar surface area (TPSA) is 58.6 Å². The third-order valence-electron chi connectivity index (χ3n) is 4.33. The van der Waals surface area contributed by atoms with Crippen molar-refractivity contribution in [1.29, 1.82) is 0 Å². The van der Waals surface area contributed by atoms with Gasteiger partial charge in [-0.15, -0.1) is 0 Å². The van der Waals surface area contributed by atoms with Gasteiger partial charge in [-0.3, -0.25) is 4.79 Å². The molecule has 3 rings (SSSR count). The van der Waals surface area contributed by atoms with Gasteiger partial charge in [-0.2, -0.15) is 0 Å². The highest BCUT2D eigenvalue weighted by molar-refractivity contribution is 6.88. The van der Waals surface area contributed by atoms with E-state index in [2.05, 4.69) is 53.9 Å². The van der Waals surface area contributed by atoms with Gasteiger partial charge in [0, 0.05) is 17.2 Å². The molecule has 0 saturated carbocycles. The second-order valence-electron chi connectivity index (χ2n) is 8.56. The maximum Gasteiger partial charge on any atom is 0.171 e. The van der Waals surface area contributed by atoms with Crippen molar-refractivity contribution in [2.75, 3.05) is 0 Å². The molecular weight excluding hydrogens is 326 g/mol. The molecule has 1 N–H and O–H groups in total. The zero-order chi connectivity index (χ0) is 18.4. The Balaban J connectivity index is 2.12. The van der Waals surface area contributed by atoms with E-state index < -0.39 is 13.5 Å². The van der Waals surface area contributed by atoms with Crippen molar-refractivity contribution < 1.29 is 4.79 Å². The zero-order valence-electron chi connectivity index (χ0n) is 15.8. The van der Waals surface area contributed by atoms with Crippen LogP contribution in [0.15, 0.2) is 36.7 Å². The number of carbonyl (C=O) groups is 1. The van der Waals surface area contributed by atoms with E-state index in [4.69, 9.17) is 4.98 Å². The normalized spacial score (nSPS) is 12.6. The molecule has 0 amide bonds. The third-order valence-corrected chi connectivity index (χ3v) is 6.37. The van der Waals surface area contributed by atoms with Crippen LogP contribution in [0.1, 0.15) is 31.1 Å². The summed E-state index contributed by atoms with van der Waals surface area (Å²) in [5.74, 6) is 0.0704. The number of Topliss-reactive ketones (excluding diaryl/α,β-unsaturated/α-hetero) is 1. The molecule has 1 aromatic carbocycles. The first-order chi connectivity index (χ1) is 11.6. The second kappa shape index (κ2) is 5.91. The van der Waals surface area contributed by atoms with Gasteiger partial charge in [-0.25, -0.2) is 9.97 Å². The molecule has 5 heteroatoms. The first-order valence-electron chi connectivity index (χ1n) is 8.57. The van der Waals surface area contributed by atoms with E-state index in [0.29, 0.717) is 16.7 Å². The van der Waals surface area contributed by atoms with Crippen molar-refractivity contribution in [3.8, 4) is 11.3 Å². The molecule has 130 valence electrons. The zero-order valence-corrected chi connectivity index (χ0v) is 16.8. The summed E-state index contributed by atoms with van der Waals surface area (Å²) in [7, 11) is -1.40. The summed E-state index contributed by atoms with van der Waals surface area (Å²) in [6.07, 6.45) is 3.49. The van der Waals surface area contributed by atoms with Crippen molar-refractivity contribution in [2.45, 2.75) is 40.4 Å². The molecule has 0 bridgehead atoms. The highest BCUT2D eigenvalue weighted by atomic mass is 28.3. The molecule has 0 aliphatic heterocycles. The fourth-order valence-corrected chi connectivity index (χ4v) is 3.94. The van der Waals surface area contributed by atoms with Gasteiger partial charge in [-0.1, -0.05) is 69.9 Å². The molecular formula is C20H25N3OSi. The quantitative estimate of drug-likeness (QED) is 0.562. The van der Waals surface area contributed by atoms with E-state index in [1.807, 2.05) is 20.8 Å². The fourth-order valence-electron chi connectivity index (χ4n) is 2.75. The van der Waals surface area contributed by atoms with Gasteiger partial charge in [0.2, 0.25) is 0 Å². The SMILES string of the molecule is CC(C)(C)C(=O)c1c[nH]c2ncc(-c3cccc([Si](C)(C)C)c3)nc12. The first-order valence-corrected chi connectivity index (χ1v) is 12.1. The van der Waals surface area contributed by atoms with Crippen molar-refractivity contribution in [3.63, 3.8) is 0 Å². The van der Waals surface area contributed by atoms with E-state index in [1.54, 1.807) is 12.4 Å². The Bertz CT molecular complexity index is 945. The molecule has 0 aliphatic carbocycles. The highest BCUT2D eigenvalue weighted by Gasteiger charge is 2.26. The van der Waals surface area contributed by atoms with Gasteiger partial charge in [0.15, 0.2) is 11.4 Å². The van der Waals surface area contributed by atoms with Gasteiger partial charge in [0.25, 0.3) is 0 Å². The average molecular weight is 352 g/mol. The molecule has 4 nitrogen and oxygen atoms in total. The van der Waals surface area contributed by atoms with Crippen LogP contribution in [0.25, 0.3) is 22.4 Å². The lowest BCUT2D eigenvalue weighted by Gasteiger charge is -2.17. The van der Waals surface area contributed by atoms with Gasteiger partial charge < -0.3 is 4.98 Å². The molecule has 0 aliphatic rings. The Hall–Kier alpha value is -2.27. The lowest BCUT2D eigenvalue weighted by atomic mass is 9.87. The summed E-state index contributed by atoms with van der Waals surface area (Å²) in [5, 5.41) is 1.38. The molecule has 0 unspecified atom stereocenters. The number of hydrogen-bond acceptors (Lipinski definition) is 3. The van der Waals surface area contributed by atoms with Gasteiger partial charge >= 0.3 is 0 Å². The van der Waals surface area contributed by atoms with Crippen LogP contribution < -0.4 is 5.19 Å². The van der Waals surface area contributed by atoms with Crippen LogP contribution >= 0.6 is 0 Å². The molecule has 2 heterocycles. The van der Waals surface area contributed by atoms with Crippen LogP contribution in [-0.4, -0.2) is 28.8 Å². The molecule has 0 fully saturated rings. The second-order valence-corrected chi connectivity index (χ2v) is 13.6. The average Bonchev–Trinajstić information content (AvgIpc) is 2.95. The van der Waals surface area contributed by atoms with Gasteiger partial charge in [0.05, 0.1) is 25.5 Å². The minimum absolute atomic E-state index is 0.0704. The monoisotopic (exact) mass is 351 g/mol. The fraction of sp³-hybridized carbons (Fsp3) is 0.350. The highest BCUT2D eigenvalue weighted by Crippen LogP contribution is 2.26. The lowest BCUT2D eigenvalue weighted by Crippen LogP contribution is -2.37. The minimum atomic E-state index is -1.40. The molecule has 3 aromatic rings. The molecule has 25 heavy (non-hydrogen) atoms. The van der Waals surface area contributed by atoms with Crippen molar-refractivity contribution in [2.24, 2.45) is 5.41 Å². The van der Waals surface area contributed by atoms with E-state index in [0.717, 1.165) is 11.3 Å². The predicted octanol–water partition coefficient (Wildman–Crippen LogP) is 4.40. The van der Waals surface area contributed by atoms with E-state index in [-0.39, 0.29) is 5.78 Å². The number of aromatic amines is 1. The smallest absolute Gasteiger partial charge is 0.171 e. The summed E-state index contributed by atoms with van der Waals surface area (Å²) in [5.41, 5.74) is 3.30. The van der Waals surface area contributed by atoms with Crippen LogP contribution in [0.2, 0.25) is 19.6 Å². The number of ketones is 1. The van der Waals surface area contributed by atoms with Crippen molar-refractivity contribution in [1.82, 2.24) is 15.0 Å². The van der Waals surface area contributed by atoms with Crippen LogP contribution in [0.3, 0.4) is 0 Å². The number of rotatable bonds is 3. The van der Waals surface area contributed by atoms with Crippen molar-refractivity contribution >= 4 is 30.2 Å². The number of H-pyrrole nitrogens is 1. The first kappa shape index (κ1) is 17.5. The van der Waals surface area contributed by atoms with Crippen LogP contribution in [0.5, 0.6) is 0 Å². The molecule has 0 saturated heterocycles. The van der Waals surface area contributed by atoms with Crippen LogP contribution in [0.4, 0.5) is 0 Å². The summed E-state index contributed by atoms with van der Waals surface area (Å²) in [6, 6.07) is 8.52. The number of fused-ring (bicyclic) bond motifs is 1. The predicted molar refractivity (Wildman–Crippen MR) is 106 cm³/mol. The number of benzene rings is 1. The number of aromatic nitrogens is 3.